The van der Waals surface area contributed by atoms with Crippen LogP contribution in [0.25, 0.3) is 10.6 Å². The van der Waals surface area contributed by atoms with E-state index in [4.69, 9.17) is 9.47 Å². The molecule has 0 spiro atoms. The van der Waals surface area contributed by atoms with Crippen molar-refractivity contribution in [1.82, 2.24) is 4.98 Å². The fraction of sp³-hybridized carbons (Fsp3) is 0.273. The first-order valence-corrected chi connectivity index (χ1v) is 9.96. The maximum absolute atomic E-state index is 11.3. The summed E-state index contributed by atoms with van der Waals surface area (Å²) >= 11 is 1.20. The van der Waals surface area contributed by atoms with Crippen molar-refractivity contribution < 1.29 is 19.4 Å². The van der Waals surface area contributed by atoms with E-state index in [1.165, 1.54) is 11.3 Å². The Bertz CT molecular complexity index is 943. The van der Waals surface area contributed by atoms with E-state index in [0.717, 1.165) is 28.2 Å². The molecular weight excluding hydrogens is 374 g/mol. The molecule has 2 aromatic carbocycles. The van der Waals surface area contributed by atoms with Crippen LogP contribution in [0.5, 0.6) is 11.5 Å². The average Bonchev–Trinajstić information content (AvgIpc) is 3.12. The number of aryl methyl sites for hydroxylation is 3. The average molecular weight is 397 g/mol. The number of hydrogen-bond acceptors (Lipinski definition) is 5. The van der Waals surface area contributed by atoms with E-state index >= 15 is 0 Å². The number of thiazole rings is 1. The van der Waals surface area contributed by atoms with Crippen LogP contribution in [-0.2, 0) is 6.42 Å². The summed E-state index contributed by atoms with van der Waals surface area (Å²) in [6.45, 7) is 6.86. The minimum Gasteiger partial charge on any atom is -0.490 e. The van der Waals surface area contributed by atoms with Gasteiger partial charge in [0.05, 0.1) is 5.69 Å². The van der Waals surface area contributed by atoms with Crippen LogP contribution in [0.1, 0.15) is 33.4 Å². The molecule has 0 bridgehead atoms. The summed E-state index contributed by atoms with van der Waals surface area (Å²) in [5.41, 5.74) is 3.72. The van der Waals surface area contributed by atoms with Crippen molar-refractivity contribution in [3.63, 3.8) is 0 Å². The zero-order chi connectivity index (χ0) is 20.1. The first-order chi connectivity index (χ1) is 13.5. The Morgan fingerprint density at radius 2 is 1.68 bits per heavy atom. The standard InChI is InChI=1S/C22H23NO4S/c1-4-18-20(22(24)25)28-21(23-18)16-8-10-17(11-9-16)26-12-13-27-19-14(2)6-5-7-15(19)3/h5-11H,4,12-13H2,1-3H3,(H,24,25). The number of carbonyl (C=O) groups is 1. The summed E-state index contributed by atoms with van der Waals surface area (Å²) in [6.07, 6.45) is 0.597. The molecule has 0 atom stereocenters. The number of aromatic carboxylic acids is 1. The normalized spacial score (nSPS) is 10.7. The van der Waals surface area contributed by atoms with Crippen molar-refractivity contribution in [2.24, 2.45) is 0 Å². The fourth-order valence-electron chi connectivity index (χ4n) is 2.91. The lowest BCUT2D eigenvalue weighted by molar-refractivity contribution is 0.0701. The highest BCUT2D eigenvalue weighted by Crippen LogP contribution is 2.30. The van der Waals surface area contributed by atoms with E-state index in [1.807, 2.05) is 63.2 Å². The molecular formula is C22H23NO4S. The first kappa shape index (κ1) is 19.9. The van der Waals surface area contributed by atoms with Crippen molar-refractivity contribution in [3.8, 4) is 22.1 Å². The second-order valence-corrected chi connectivity index (χ2v) is 7.39. The highest BCUT2D eigenvalue weighted by molar-refractivity contribution is 7.17. The maximum atomic E-state index is 11.3. The van der Waals surface area contributed by atoms with Gasteiger partial charge in [0.2, 0.25) is 0 Å². The lowest BCUT2D eigenvalue weighted by Crippen LogP contribution is -2.10. The number of rotatable bonds is 8. The lowest BCUT2D eigenvalue weighted by Gasteiger charge is -2.12. The van der Waals surface area contributed by atoms with Crippen molar-refractivity contribution in [1.29, 1.82) is 0 Å². The van der Waals surface area contributed by atoms with Gasteiger partial charge in [-0.15, -0.1) is 11.3 Å². The number of carboxylic acids is 1. The molecule has 0 saturated heterocycles. The van der Waals surface area contributed by atoms with E-state index in [2.05, 4.69) is 4.98 Å². The molecule has 3 rings (SSSR count). The van der Waals surface area contributed by atoms with Crippen LogP contribution < -0.4 is 9.47 Å². The SMILES string of the molecule is CCc1nc(-c2ccc(OCCOc3c(C)cccc3C)cc2)sc1C(=O)O. The Balaban J connectivity index is 1.58. The van der Waals surface area contributed by atoms with E-state index < -0.39 is 5.97 Å². The third kappa shape index (κ3) is 4.51. The minimum absolute atomic E-state index is 0.307. The Morgan fingerprint density at radius 3 is 2.25 bits per heavy atom. The van der Waals surface area contributed by atoms with Crippen LogP contribution in [0.2, 0.25) is 0 Å². The highest BCUT2D eigenvalue weighted by Gasteiger charge is 2.16. The number of hydrogen-bond donors (Lipinski definition) is 1. The molecule has 6 heteroatoms. The largest absolute Gasteiger partial charge is 0.490 e. The summed E-state index contributed by atoms with van der Waals surface area (Å²) in [6, 6.07) is 13.6. The third-order valence-electron chi connectivity index (χ3n) is 4.33. The molecule has 0 saturated carbocycles. The highest BCUT2D eigenvalue weighted by atomic mass is 32.1. The number of nitrogens with zero attached hydrogens (tertiary/aromatic N) is 1. The fourth-order valence-corrected chi connectivity index (χ4v) is 3.90. The van der Waals surface area contributed by atoms with Gasteiger partial charge in [-0.1, -0.05) is 25.1 Å². The van der Waals surface area contributed by atoms with Gasteiger partial charge >= 0.3 is 5.97 Å². The molecule has 5 nitrogen and oxygen atoms in total. The molecule has 1 aromatic heterocycles. The van der Waals surface area contributed by atoms with E-state index in [-0.39, 0.29) is 0 Å². The van der Waals surface area contributed by atoms with Crippen LogP contribution in [0.4, 0.5) is 0 Å². The van der Waals surface area contributed by atoms with Crippen molar-refractivity contribution >= 4 is 17.3 Å². The van der Waals surface area contributed by atoms with Gasteiger partial charge in [0.1, 0.15) is 34.6 Å². The molecule has 28 heavy (non-hydrogen) atoms. The number of aromatic nitrogens is 1. The van der Waals surface area contributed by atoms with Gasteiger partial charge in [0.25, 0.3) is 0 Å². The molecule has 0 radical (unpaired) electrons. The monoisotopic (exact) mass is 397 g/mol. The number of para-hydroxylation sites is 1. The molecule has 146 valence electrons. The predicted molar refractivity (Wildman–Crippen MR) is 111 cm³/mol. The zero-order valence-corrected chi connectivity index (χ0v) is 17.0. The van der Waals surface area contributed by atoms with E-state index in [9.17, 15) is 9.90 Å². The Kier molecular flexibility index (Phi) is 6.31. The predicted octanol–water partition coefficient (Wildman–Crippen LogP) is 5.15. The third-order valence-corrected chi connectivity index (χ3v) is 5.47. The van der Waals surface area contributed by atoms with Crippen molar-refractivity contribution in [3.05, 3.63) is 64.2 Å². The number of ether oxygens (including phenoxy) is 2. The van der Waals surface area contributed by atoms with Crippen LogP contribution in [-0.4, -0.2) is 29.3 Å². The van der Waals surface area contributed by atoms with Gasteiger partial charge in [-0.05, 0) is 55.7 Å². The molecule has 0 aliphatic heterocycles. The molecule has 0 unspecified atom stereocenters. The number of benzene rings is 2. The zero-order valence-electron chi connectivity index (χ0n) is 16.2. The molecule has 0 aliphatic rings. The van der Waals surface area contributed by atoms with Gasteiger partial charge in [-0.25, -0.2) is 9.78 Å². The molecule has 1 heterocycles. The van der Waals surface area contributed by atoms with E-state index in [0.29, 0.717) is 35.2 Å². The van der Waals surface area contributed by atoms with Crippen LogP contribution in [0, 0.1) is 13.8 Å². The van der Waals surface area contributed by atoms with Gasteiger partial charge in [-0.3, -0.25) is 0 Å². The first-order valence-electron chi connectivity index (χ1n) is 9.14. The van der Waals surface area contributed by atoms with Gasteiger partial charge < -0.3 is 14.6 Å². The summed E-state index contributed by atoms with van der Waals surface area (Å²) in [5, 5.41) is 9.98. The summed E-state index contributed by atoms with van der Waals surface area (Å²) in [4.78, 5) is 16.1. The van der Waals surface area contributed by atoms with Gasteiger partial charge in [-0.2, -0.15) is 0 Å². The van der Waals surface area contributed by atoms with Gasteiger partial charge in [0.15, 0.2) is 0 Å². The molecule has 3 aromatic rings. The molecule has 0 fully saturated rings. The molecule has 0 aliphatic carbocycles. The van der Waals surface area contributed by atoms with Gasteiger partial charge in [0, 0.05) is 5.56 Å². The smallest absolute Gasteiger partial charge is 0.347 e. The quantitative estimate of drug-likeness (QED) is 0.533. The number of carboxylic acid groups (broad SMARTS) is 1. The summed E-state index contributed by atoms with van der Waals surface area (Å²) < 4.78 is 11.6. The van der Waals surface area contributed by atoms with Crippen molar-refractivity contribution in [2.45, 2.75) is 27.2 Å². The second-order valence-electron chi connectivity index (χ2n) is 6.40. The Labute approximate surface area is 168 Å². The van der Waals surface area contributed by atoms with Crippen molar-refractivity contribution in [2.75, 3.05) is 13.2 Å². The molecule has 0 amide bonds. The topological polar surface area (TPSA) is 68.7 Å². The summed E-state index contributed by atoms with van der Waals surface area (Å²) in [7, 11) is 0. The molecule has 1 N–H and O–H groups in total. The lowest BCUT2D eigenvalue weighted by atomic mass is 10.1. The van der Waals surface area contributed by atoms with Crippen LogP contribution >= 0.6 is 11.3 Å². The van der Waals surface area contributed by atoms with E-state index in [1.54, 1.807) is 0 Å². The maximum Gasteiger partial charge on any atom is 0.347 e. The van der Waals surface area contributed by atoms with Crippen LogP contribution in [0.15, 0.2) is 42.5 Å². The van der Waals surface area contributed by atoms with Crippen LogP contribution in [0.3, 0.4) is 0 Å². The Hall–Kier alpha value is -2.86. The Morgan fingerprint density at radius 1 is 1.04 bits per heavy atom. The summed E-state index contributed by atoms with van der Waals surface area (Å²) in [5.74, 6) is 0.718. The minimum atomic E-state index is -0.926. The second kappa shape index (κ2) is 8.89.